The van der Waals surface area contributed by atoms with Crippen LogP contribution in [0, 0.1) is 0 Å². The predicted molar refractivity (Wildman–Crippen MR) is 110 cm³/mol. The van der Waals surface area contributed by atoms with Gasteiger partial charge in [0.1, 0.15) is 0 Å². The largest absolute Gasteiger partial charge is 0.357 e. The Morgan fingerprint density at radius 2 is 1.93 bits per heavy atom. The van der Waals surface area contributed by atoms with Gasteiger partial charge in [0.2, 0.25) is 0 Å². The summed E-state index contributed by atoms with van der Waals surface area (Å²) in [6, 6.07) is 14.5. The molecule has 2 aromatic rings. The molecule has 0 radical (unpaired) electrons. The highest BCUT2D eigenvalue weighted by Gasteiger charge is 2.36. The molecule has 1 aromatic heterocycles. The van der Waals surface area contributed by atoms with Gasteiger partial charge in [-0.2, -0.15) is 5.10 Å². The summed E-state index contributed by atoms with van der Waals surface area (Å²) >= 11 is 0. The molecular weight excluding hydrogens is 348 g/mol. The van der Waals surface area contributed by atoms with Crippen molar-refractivity contribution in [3.8, 4) is 0 Å². The van der Waals surface area contributed by atoms with E-state index in [1.807, 2.05) is 6.20 Å². The Morgan fingerprint density at radius 1 is 1.00 bits per heavy atom. The van der Waals surface area contributed by atoms with E-state index in [1.54, 1.807) is 0 Å². The van der Waals surface area contributed by atoms with Crippen molar-refractivity contribution in [2.45, 2.75) is 63.4 Å². The lowest BCUT2D eigenvalue weighted by atomic mass is 9.99. The van der Waals surface area contributed by atoms with Crippen LogP contribution in [0.1, 0.15) is 49.6 Å². The molecule has 1 unspecified atom stereocenters. The third kappa shape index (κ3) is 3.88. The molecule has 0 N–H and O–H groups in total. The maximum atomic E-state index is 6.02. The molecule has 1 aromatic carbocycles. The van der Waals surface area contributed by atoms with E-state index in [2.05, 4.69) is 56.0 Å². The van der Waals surface area contributed by atoms with Gasteiger partial charge in [-0.1, -0.05) is 30.3 Å². The SMILES string of the molecule is c1ccc(C[C@H]2CN3CCC[C@H]3CN2Cc2ccnn2C2CCCCO2)cc1. The summed E-state index contributed by atoms with van der Waals surface area (Å²) in [5.74, 6) is 0. The summed E-state index contributed by atoms with van der Waals surface area (Å²) in [5, 5.41) is 4.64. The van der Waals surface area contributed by atoms with Crippen molar-refractivity contribution < 1.29 is 4.74 Å². The van der Waals surface area contributed by atoms with Crippen LogP contribution in [0.2, 0.25) is 0 Å². The Hall–Kier alpha value is -1.69. The van der Waals surface area contributed by atoms with Gasteiger partial charge in [0.15, 0.2) is 6.23 Å². The molecule has 3 aliphatic heterocycles. The minimum Gasteiger partial charge on any atom is -0.357 e. The summed E-state index contributed by atoms with van der Waals surface area (Å²) in [5.41, 5.74) is 2.75. The Morgan fingerprint density at radius 3 is 2.79 bits per heavy atom. The average Bonchev–Trinajstić information content (AvgIpc) is 3.39. The van der Waals surface area contributed by atoms with Crippen LogP contribution >= 0.6 is 0 Å². The molecule has 0 spiro atoms. The second-order valence-electron chi connectivity index (χ2n) is 8.65. The minimum absolute atomic E-state index is 0.124. The molecule has 0 aliphatic carbocycles. The molecule has 5 rings (SSSR count). The summed E-state index contributed by atoms with van der Waals surface area (Å²) in [6.45, 7) is 5.47. The third-order valence-corrected chi connectivity index (χ3v) is 6.77. The number of fused-ring (bicyclic) bond motifs is 1. The molecule has 5 nitrogen and oxygen atoms in total. The van der Waals surface area contributed by atoms with Crippen LogP contribution in [0.15, 0.2) is 42.6 Å². The number of nitrogens with zero attached hydrogens (tertiary/aromatic N) is 4. The van der Waals surface area contributed by atoms with Crippen LogP contribution < -0.4 is 0 Å². The lowest BCUT2D eigenvalue weighted by Crippen LogP contribution is -2.56. The molecule has 28 heavy (non-hydrogen) atoms. The number of aromatic nitrogens is 2. The van der Waals surface area contributed by atoms with E-state index in [0.29, 0.717) is 6.04 Å². The average molecular weight is 381 g/mol. The number of benzene rings is 1. The number of piperazine rings is 1. The van der Waals surface area contributed by atoms with E-state index >= 15 is 0 Å². The van der Waals surface area contributed by atoms with Gasteiger partial charge >= 0.3 is 0 Å². The molecule has 0 amide bonds. The van der Waals surface area contributed by atoms with Crippen molar-refractivity contribution in [3.05, 3.63) is 53.9 Å². The standard InChI is InChI=1S/C23H32N4O/c1-2-7-19(8-3-1)15-22-18-25-13-6-9-20(25)16-26(22)17-21-11-12-24-27(21)23-10-4-5-14-28-23/h1-3,7-8,11-12,20,22-23H,4-6,9-10,13-18H2/t20-,22-,23?/m0/s1. The van der Waals surface area contributed by atoms with Crippen LogP contribution in [0.3, 0.4) is 0 Å². The van der Waals surface area contributed by atoms with Gasteiger partial charge in [-0.25, -0.2) is 4.68 Å². The highest BCUT2D eigenvalue weighted by atomic mass is 16.5. The quantitative estimate of drug-likeness (QED) is 0.795. The molecule has 3 fully saturated rings. The zero-order valence-electron chi connectivity index (χ0n) is 16.7. The smallest absolute Gasteiger partial charge is 0.150 e. The highest BCUT2D eigenvalue weighted by molar-refractivity contribution is 5.17. The number of hydrogen-bond donors (Lipinski definition) is 0. The first-order valence-electron chi connectivity index (χ1n) is 11.0. The van der Waals surface area contributed by atoms with E-state index in [1.165, 1.54) is 56.6 Å². The minimum atomic E-state index is 0.124. The van der Waals surface area contributed by atoms with Crippen LogP contribution in [0.5, 0.6) is 0 Å². The molecule has 0 saturated carbocycles. The Labute approximate surface area is 168 Å². The van der Waals surface area contributed by atoms with E-state index in [-0.39, 0.29) is 6.23 Å². The lowest BCUT2D eigenvalue weighted by molar-refractivity contribution is -0.0434. The molecule has 5 heteroatoms. The molecular formula is C23H32N4O. The fourth-order valence-electron chi connectivity index (χ4n) is 5.27. The van der Waals surface area contributed by atoms with Crippen LogP contribution in [0.25, 0.3) is 0 Å². The third-order valence-electron chi connectivity index (χ3n) is 6.77. The van der Waals surface area contributed by atoms with E-state index in [9.17, 15) is 0 Å². The molecule has 150 valence electrons. The van der Waals surface area contributed by atoms with Crippen LogP contribution in [-0.2, 0) is 17.7 Å². The summed E-state index contributed by atoms with van der Waals surface area (Å²) < 4.78 is 8.17. The van der Waals surface area contributed by atoms with Gasteiger partial charge in [-0.3, -0.25) is 9.80 Å². The number of ether oxygens (including phenoxy) is 1. The second-order valence-corrected chi connectivity index (χ2v) is 8.65. The predicted octanol–water partition coefficient (Wildman–Crippen LogP) is 3.47. The Bertz CT molecular complexity index is 755. The van der Waals surface area contributed by atoms with Crippen molar-refractivity contribution in [2.75, 3.05) is 26.2 Å². The van der Waals surface area contributed by atoms with Crippen LogP contribution in [0.4, 0.5) is 0 Å². The summed E-state index contributed by atoms with van der Waals surface area (Å²) in [7, 11) is 0. The van der Waals surface area contributed by atoms with Gasteiger partial charge in [0.25, 0.3) is 0 Å². The maximum Gasteiger partial charge on any atom is 0.150 e. The van der Waals surface area contributed by atoms with Crippen molar-refractivity contribution >= 4 is 0 Å². The summed E-state index contributed by atoms with van der Waals surface area (Å²) in [4.78, 5) is 5.45. The number of hydrogen-bond acceptors (Lipinski definition) is 4. The first-order chi connectivity index (χ1) is 13.9. The zero-order valence-corrected chi connectivity index (χ0v) is 16.7. The Balaban J connectivity index is 1.34. The van der Waals surface area contributed by atoms with E-state index in [0.717, 1.165) is 32.0 Å². The van der Waals surface area contributed by atoms with Gasteiger partial charge < -0.3 is 4.74 Å². The second kappa shape index (κ2) is 8.36. The molecule has 3 atom stereocenters. The first-order valence-corrected chi connectivity index (χ1v) is 11.0. The van der Waals surface area contributed by atoms with Crippen molar-refractivity contribution in [1.82, 2.24) is 19.6 Å². The van der Waals surface area contributed by atoms with Gasteiger partial charge in [-0.15, -0.1) is 0 Å². The fraction of sp³-hybridized carbons (Fsp3) is 0.609. The van der Waals surface area contributed by atoms with Crippen molar-refractivity contribution in [3.63, 3.8) is 0 Å². The fourth-order valence-corrected chi connectivity index (χ4v) is 5.27. The zero-order chi connectivity index (χ0) is 18.8. The van der Waals surface area contributed by atoms with Crippen LogP contribution in [-0.4, -0.2) is 57.9 Å². The van der Waals surface area contributed by atoms with E-state index in [4.69, 9.17) is 4.74 Å². The highest BCUT2D eigenvalue weighted by Crippen LogP contribution is 2.29. The first kappa shape index (κ1) is 18.3. The summed E-state index contributed by atoms with van der Waals surface area (Å²) in [6.07, 6.45) is 9.39. The molecule has 3 saturated heterocycles. The molecule has 4 heterocycles. The topological polar surface area (TPSA) is 33.5 Å². The lowest BCUT2D eigenvalue weighted by Gasteiger charge is -2.44. The monoisotopic (exact) mass is 380 g/mol. The Kier molecular flexibility index (Phi) is 5.47. The molecule has 0 bridgehead atoms. The van der Waals surface area contributed by atoms with Gasteiger partial charge in [0, 0.05) is 44.5 Å². The number of rotatable bonds is 5. The van der Waals surface area contributed by atoms with Gasteiger partial charge in [-0.05, 0) is 56.7 Å². The normalized spacial score (nSPS) is 29.1. The van der Waals surface area contributed by atoms with Crippen molar-refractivity contribution in [1.29, 1.82) is 0 Å². The van der Waals surface area contributed by atoms with E-state index < -0.39 is 0 Å². The van der Waals surface area contributed by atoms with Crippen molar-refractivity contribution in [2.24, 2.45) is 0 Å². The maximum absolute atomic E-state index is 6.02. The molecule has 3 aliphatic rings. The van der Waals surface area contributed by atoms with Gasteiger partial charge in [0.05, 0.1) is 5.69 Å².